The Morgan fingerprint density at radius 3 is 2.81 bits per heavy atom. The van der Waals surface area contributed by atoms with Gasteiger partial charge in [0.05, 0.1) is 24.7 Å². The van der Waals surface area contributed by atoms with Gasteiger partial charge in [0.2, 0.25) is 5.91 Å². The maximum atomic E-state index is 12.4. The highest BCUT2D eigenvalue weighted by molar-refractivity contribution is 5.77. The third kappa shape index (κ3) is 3.41. The molecule has 2 atom stereocenters. The summed E-state index contributed by atoms with van der Waals surface area (Å²) in [6.45, 7) is 7.64. The SMILES string of the molecule is CCN1CCOC2CN(C(=O)CC3(O)CCC3)CCC2C1. The lowest BCUT2D eigenvalue weighted by Crippen LogP contribution is -2.51. The number of ether oxygens (including phenoxy) is 1. The first-order chi connectivity index (χ1) is 10.1. The predicted octanol–water partition coefficient (Wildman–Crippen LogP) is 0.861. The molecule has 0 spiro atoms. The number of hydrogen-bond acceptors (Lipinski definition) is 4. The van der Waals surface area contributed by atoms with E-state index in [-0.39, 0.29) is 12.0 Å². The summed E-state index contributed by atoms with van der Waals surface area (Å²) >= 11 is 0. The van der Waals surface area contributed by atoms with Crippen LogP contribution in [0.2, 0.25) is 0 Å². The molecule has 0 radical (unpaired) electrons. The summed E-state index contributed by atoms with van der Waals surface area (Å²) < 4.78 is 5.99. The summed E-state index contributed by atoms with van der Waals surface area (Å²) in [4.78, 5) is 16.7. The van der Waals surface area contributed by atoms with Crippen LogP contribution in [0.3, 0.4) is 0 Å². The van der Waals surface area contributed by atoms with Crippen molar-refractivity contribution in [2.45, 2.75) is 50.7 Å². The van der Waals surface area contributed by atoms with E-state index in [0.29, 0.717) is 18.9 Å². The molecule has 0 bridgehead atoms. The second-order valence-electron chi connectivity index (χ2n) is 6.95. The van der Waals surface area contributed by atoms with E-state index in [1.807, 2.05) is 4.90 Å². The lowest BCUT2D eigenvalue weighted by atomic mass is 9.77. The number of piperidine rings is 1. The molecule has 120 valence electrons. The number of nitrogens with zero attached hydrogens (tertiary/aromatic N) is 2. The molecule has 0 aromatic rings. The number of likely N-dealkylation sites (tertiary alicyclic amines) is 1. The molecule has 3 aliphatic rings. The van der Waals surface area contributed by atoms with Gasteiger partial charge in [0.25, 0.3) is 0 Å². The van der Waals surface area contributed by atoms with E-state index in [1.54, 1.807) is 0 Å². The standard InChI is InChI=1S/C16H28N2O3/c1-2-17-8-9-21-14-12-18(7-4-13(14)11-17)15(19)10-16(20)5-3-6-16/h13-14,20H,2-12H2,1H3. The van der Waals surface area contributed by atoms with Gasteiger partial charge in [0.15, 0.2) is 0 Å². The van der Waals surface area contributed by atoms with Gasteiger partial charge in [0, 0.05) is 32.1 Å². The Labute approximate surface area is 127 Å². The minimum Gasteiger partial charge on any atom is -0.389 e. The van der Waals surface area contributed by atoms with Crippen LogP contribution in [-0.2, 0) is 9.53 Å². The molecule has 0 aromatic carbocycles. The zero-order valence-corrected chi connectivity index (χ0v) is 13.1. The summed E-state index contributed by atoms with van der Waals surface area (Å²) in [6.07, 6.45) is 4.10. The highest BCUT2D eigenvalue weighted by Gasteiger charge is 2.40. The first-order valence-electron chi connectivity index (χ1n) is 8.44. The van der Waals surface area contributed by atoms with Crippen molar-refractivity contribution in [2.75, 3.05) is 39.3 Å². The summed E-state index contributed by atoms with van der Waals surface area (Å²) in [6, 6.07) is 0. The molecule has 1 aliphatic carbocycles. The first-order valence-corrected chi connectivity index (χ1v) is 8.44. The molecular weight excluding hydrogens is 268 g/mol. The zero-order chi connectivity index (χ0) is 14.9. The summed E-state index contributed by atoms with van der Waals surface area (Å²) in [7, 11) is 0. The molecule has 5 heteroatoms. The van der Waals surface area contributed by atoms with Gasteiger partial charge in [-0.25, -0.2) is 0 Å². The Kier molecular flexibility index (Phi) is 4.52. The topological polar surface area (TPSA) is 53.0 Å². The van der Waals surface area contributed by atoms with Gasteiger partial charge in [-0.2, -0.15) is 0 Å². The van der Waals surface area contributed by atoms with Crippen LogP contribution >= 0.6 is 0 Å². The molecule has 0 aromatic heterocycles. The molecule has 5 nitrogen and oxygen atoms in total. The number of hydrogen-bond donors (Lipinski definition) is 1. The van der Waals surface area contributed by atoms with E-state index < -0.39 is 5.60 Å². The van der Waals surface area contributed by atoms with Crippen molar-refractivity contribution in [2.24, 2.45) is 5.92 Å². The van der Waals surface area contributed by atoms with Crippen molar-refractivity contribution < 1.29 is 14.6 Å². The molecule has 1 N–H and O–H groups in total. The molecule has 2 aliphatic heterocycles. The molecular formula is C16H28N2O3. The number of carbonyl (C=O) groups is 1. The number of carbonyl (C=O) groups excluding carboxylic acids is 1. The summed E-state index contributed by atoms with van der Waals surface area (Å²) in [5, 5.41) is 10.2. The van der Waals surface area contributed by atoms with E-state index in [4.69, 9.17) is 4.74 Å². The maximum absolute atomic E-state index is 12.4. The third-order valence-corrected chi connectivity index (χ3v) is 5.49. The number of likely N-dealkylation sites (N-methyl/N-ethyl adjacent to an activating group) is 1. The summed E-state index contributed by atoms with van der Waals surface area (Å²) in [5.74, 6) is 0.652. The Hall–Kier alpha value is -0.650. The van der Waals surface area contributed by atoms with Gasteiger partial charge in [-0.1, -0.05) is 6.92 Å². The van der Waals surface area contributed by atoms with Crippen LogP contribution in [0.15, 0.2) is 0 Å². The van der Waals surface area contributed by atoms with E-state index in [2.05, 4.69) is 11.8 Å². The lowest BCUT2D eigenvalue weighted by molar-refractivity contribution is -0.145. The van der Waals surface area contributed by atoms with Crippen molar-refractivity contribution in [1.29, 1.82) is 0 Å². The van der Waals surface area contributed by atoms with Crippen molar-refractivity contribution in [3.05, 3.63) is 0 Å². The smallest absolute Gasteiger partial charge is 0.225 e. The van der Waals surface area contributed by atoms with Crippen LogP contribution in [-0.4, -0.2) is 71.8 Å². The molecule has 2 unspecified atom stereocenters. The fraction of sp³-hybridized carbons (Fsp3) is 0.938. The molecule has 1 amide bonds. The predicted molar refractivity (Wildman–Crippen MR) is 80.0 cm³/mol. The number of rotatable bonds is 3. The minimum atomic E-state index is -0.711. The van der Waals surface area contributed by atoms with Gasteiger partial charge in [-0.3, -0.25) is 4.79 Å². The molecule has 2 saturated heterocycles. The van der Waals surface area contributed by atoms with Crippen molar-refractivity contribution in [1.82, 2.24) is 9.80 Å². The monoisotopic (exact) mass is 296 g/mol. The van der Waals surface area contributed by atoms with Crippen LogP contribution in [0.1, 0.15) is 39.0 Å². The number of aliphatic hydroxyl groups is 1. The first kappa shape index (κ1) is 15.3. The van der Waals surface area contributed by atoms with Gasteiger partial charge in [-0.05, 0) is 32.2 Å². The van der Waals surface area contributed by atoms with Crippen molar-refractivity contribution in [3.8, 4) is 0 Å². The fourth-order valence-corrected chi connectivity index (χ4v) is 3.79. The van der Waals surface area contributed by atoms with Crippen LogP contribution < -0.4 is 0 Å². The highest BCUT2D eigenvalue weighted by atomic mass is 16.5. The Balaban J connectivity index is 1.55. The van der Waals surface area contributed by atoms with Crippen LogP contribution in [0.5, 0.6) is 0 Å². The van der Waals surface area contributed by atoms with Crippen molar-refractivity contribution >= 4 is 5.91 Å². The van der Waals surface area contributed by atoms with Crippen LogP contribution in [0.25, 0.3) is 0 Å². The molecule has 2 heterocycles. The molecule has 21 heavy (non-hydrogen) atoms. The van der Waals surface area contributed by atoms with E-state index in [1.165, 1.54) is 0 Å². The lowest BCUT2D eigenvalue weighted by Gasteiger charge is -2.41. The van der Waals surface area contributed by atoms with Crippen LogP contribution in [0, 0.1) is 5.92 Å². The van der Waals surface area contributed by atoms with Gasteiger partial charge >= 0.3 is 0 Å². The van der Waals surface area contributed by atoms with Gasteiger partial charge in [0.1, 0.15) is 0 Å². The molecule has 1 saturated carbocycles. The second-order valence-corrected chi connectivity index (χ2v) is 6.95. The number of fused-ring (bicyclic) bond motifs is 1. The van der Waals surface area contributed by atoms with Gasteiger partial charge in [-0.15, -0.1) is 0 Å². The Morgan fingerprint density at radius 2 is 2.14 bits per heavy atom. The minimum absolute atomic E-state index is 0.107. The fourth-order valence-electron chi connectivity index (χ4n) is 3.79. The average molecular weight is 296 g/mol. The van der Waals surface area contributed by atoms with E-state index in [0.717, 1.165) is 58.5 Å². The van der Waals surface area contributed by atoms with E-state index >= 15 is 0 Å². The number of amides is 1. The highest BCUT2D eigenvalue weighted by Crippen LogP contribution is 2.35. The van der Waals surface area contributed by atoms with Crippen molar-refractivity contribution in [3.63, 3.8) is 0 Å². The third-order valence-electron chi connectivity index (χ3n) is 5.49. The second kappa shape index (κ2) is 6.23. The molecule has 3 fully saturated rings. The van der Waals surface area contributed by atoms with Gasteiger partial charge < -0.3 is 19.6 Å². The summed E-state index contributed by atoms with van der Waals surface area (Å²) in [5.41, 5.74) is -0.711. The largest absolute Gasteiger partial charge is 0.389 e. The maximum Gasteiger partial charge on any atom is 0.225 e. The normalized spacial score (nSPS) is 33.0. The van der Waals surface area contributed by atoms with Crippen LogP contribution in [0.4, 0.5) is 0 Å². The van der Waals surface area contributed by atoms with E-state index in [9.17, 15) is 9.90 Å². The average Bonchev–Trinajstić information content (AvgIpc) is 2.66. The quantitative estimate of drug-likeness (QED) is 0.839. The Morgan fingerprint density at radius 1 is 1.33 bits per heavy atom. The molecule has 3 rings (SSSR count). The zero-order valence-electron chi connectivity index (χ0n) is 13.1. The Bertz CT molecular complexity index is 384.